The van der Waals surface area contributed by atoms with Crippen LogP contribution in [0.25, 0.3) is 20.9 Å². The van der Waals surface area contributed by atoms with Gasteiger partial charge in [-0.05, 0) is 50.6 Å². The summed E-state index contributed by atoms with van der Waals surface area (Å²) in [7, 11) is 0. The third-order valence-corrected chi connectivity index (χ3v) is 5.21. The van der Waals surface area contributed by atoms with Crippen LogP contribution < -0.4 is 5.32 Å². The standard InChI is InChI=1S/C20H17N3O2S/c1-11-6-7-14(19-23-16-5-4-8-21-20(16)26-19)10-17(11)22-18(24)15-9-12(2)25-13(15)3/h4-10H,1-3H3,(H,22,24). The third kappa shape index (κ3) is 2.99. The van der Waals surface area contributed by atoms with Crippen LogP contribution in [0, 0.1) is 20.8 Å². The molecule has 26 heavy (non-hydrogen) atoms. The number of benzene rings is 1. The van der Waals surface area contributed by atoms with Gasteiger partial charge in [0, 0.05) is 17.4 Å². The maximum Gasteiger partial charge on any atom is 0.259 e. The maximum absolute atomic E-state index is 12.6. The van der Waals surface area contributed by atoms with Gasteiger partial charge < -0.3 is 9.73 Å². The van der Waals surface area contributed by atoms with E-state index in [9.17, 15) is 4.79 Å². The number of fused-ring (bicyclic) bond motifs is 1. The molecule has 6 heteroatoms. The van der Waals surface area contributed by atoms with Crippen molar-refractivity contribution in [1.82, 2.24) is 9.97 Å². The Labute approximate surface area is 154 Å². The van der Waals surface area contributed by atoms with Crippen molar-refractivity contribution < 1.29 is 9.21 Å². The average molecular weight is 363 g/mol. The number of thiazole rings is 1. The number of nitrogens with zero attached hydrogens (tertiary/aromatic N) is 2. The van der Waals surface area contributed by atoms with Crippen LogP contribution >= 0.6 is 11.3 Å². The zero-order chi connectivity index (χ0) is 18.3. The van der Waals surface area contributed by atoms with Crippen molar-refractivity contribution in [3.05, 3.63) is 65.2 Å². The zero-order valence-electron chi connectivity index (χ0n) is 14.7. The summed E-state index contributed by atoms with van der Waals surface area (Å²) in [5.74, 6) is 1.16. The number of carbonyl (C=O) groups is 1. The summed E-state index contributed by atoms with van der Waals surface area (Å²) in [6.45, 7) is 5.59. The number of aromatic nitrogens is 2. The van der Waals surface area contributed by atoms with Crippen LogP contribution in [-0.2, 0) is 0 Å². The second kappa shape index (κ2) is 6.38. The van der Waals surface area contributed by atoms with E-state index in [1.807, 2.05) is 44.2 Å². The molecule has 0 bridgehead atoms. The van der Waals surface area contributed by atoms with Crippen LogP contribution in [0.5, 0.6) is 0 Å². The molecule has 0 fully saturated rings. The molecule has 0 aliphatic carbocycles. The fraction of sp³-hybridized carbons (Fsp3) is 0.150. The van der Waals surface area contributed by atoms with Crippen LogP contribution in [-0.4, -0.2) is 15.9 Å². The van der Waals surface area contributed by atoms with Crippen molar-refractivity contribution in [2.45, 2.75) is 20.8 Å². The summed E-state index contributed by atoms with van der Waals surface area (Å²) in [5, 5.41) is 3.87. The van der Waals surface area contributed by atoms with Gasteiger partial charge in [0.25, 0.3) is 5.91 Å². The number of hydrogen-bond donors (Lipinski definition) is 1. The van der Waals surface area contributed by atoms with E-state index >= 15 is 0 Å². The Bertz CT molecular complexity index is 1090. The van der Waals surface area contributed by atoms with Crippen LogP contribution in [0.1, 0.15) is 27.4 Å². The third-order valence-electron chi connectivity index (χ3n) is 4.18. The topological polar surface area (TPSA) is 68.0 Å². The molecule has 0 saturated heterocycles. The van der Waals surface area contributed by atoms with E-state index in [4.69, 9.17) is 4.42 Å². The molecule has 1 amide bonds. The van der Waals surface area contributed by atoms with Crippen molar-refractivity contribution in [2.75, 3.05) is 5.32 Å². The van der Waals surface area contributed by atoms with Gasteiger partial charge in [-0.15, -0.1) is 0 Å². The Morgan fingerprint density at radius 1 is 1.15 bits per heavy atom. The lowest BCUT2D eigenvalue weighted by atomic mass is 10.1. The largest absolute Gasteiger partial charge is 0.466 e. The minimum atomic E-state index is -0.175. The molecule has 130 valence electrons. The van der Waals surface area contributed by atoms with E-state index in [2.05, 4.69) is 15.3 Å². The van der Waals surface area contributed by atoms with Crippen molar-refractivity contribution in [2.24, 2.45) is 0 Å². The molecular formula is C20H17N3O2S. The van der Waals surface area contributed by atoms with Gasteiger partial charge in [-0.1, -0.05) is 23.5 Å². The van der Waals surface area contributed by atoms with E-state index in [-0.39, 0.29) is 5.91 Å². The lowest BCUT2D eigenvalue weighted by Gasteiger charge is -2.09. The maximum atomic E-state index is 12.6. The average Bonchev–Trinajstić information content (AvgIpc) is 3.19. The number of furan rings is 1. The second-order valence-electron chi connectivity index (χ2n) is 6.16. The first-order chi connectivity index (χ1) is 12.5. The first-order valence-electron chi connectivity index (χ1n) is 8.22. The number of nitrogens with one attached hydrogen (secondary N) is 1. The number of aryl methyl sites for hydroxylation is 3. The molecule has 0 aliphatic heterocycles. The van der Waals surface area contributed by atoms with Crippen LogP contribution in [0.2, 0.25) is 0 Å². The SMILES string of the molecule is Cc1cc(C(=O)Nc2cc(-c3nc4cccnc4s3)ccc2C)c(C)o1. The number of pyridine rings is 1. The first-order valence-corrected chi connectivity index (χ1v) is 9.04. The summed E-state index contributed by atoms with van der Waals surface area (Å²) in [6, 6.07) is 11.5. The Kier molecular flexibility index (Phi) is 4.05. The van der Waals surface area contributed by atoms with Crippen LogP contribution in [0.4, 0.5) is 5.69 Å². The van der Waals surface area contributed by atoms with Gasteiger partial charge in [0.2, 0.25) is 0 Å². The summed E-state index contributed by atoms with van der Waals surface area (Å²) in [4.78, 5) is 22.5. The van der Waals surface area contributed by atoms with E-state index in [0.29, 0.717) is 11.3 Å². The highest BCUT2D eigenvalue weighted by atomic mass is 32.1. The van der Waals surface area contributed by atoms with Crippen molar-refractivity contribution in [3.8, 4) is 10.6 Å². The molecule has 0 atom stereocenters. The molecule has 1 aromatic carbocycles. The molecule has 4 aromatic rings. The summed E-state index contributed by atoms with van der Waals surface area (Å²) >= 11 is 1.54. The van der Waals surface area contributed by atoms with E-state index < -0.39 is 0 Å². The highest BCUT2D eigenvalue weighted by Crippen LogP contribution is 2.31. The van der Waals surface area contributed by atoms with E-state index in [1.54, 1.807) is 19.2 Å². The van der Waals surface area contributed by atoms with E-state index in [0.717, 1.165) is 37.9 Å². The number of carbonyl (C=O) groups excluding carboxylic acids is 1. The molecular weight excluding hydrogens is 346 g/mol. The van der Waals surface area contributed by atoms with Gasteiger partial charge in [-0.3, -0.25) is 4.79 Å². The van der Waals surface area contributed by atoms with Crippen molar-refractivity contribution in [3.63, 3.8) is 0 Å². The van der Waals surface area contributed by atoms with Crippen molar-refractivity contribution in [1.29, 1.82) is 0 Å². The molecule has 1 N–H and O–H groups in total. The first kappa shape index (κ1) is 16.5. The molecule has 3 aromatic heterocycles. The quantitative estimate of drug-likeness (QED) is 0.548. The van der Waals surface area contributed by atoms with Crippen LogP contribution in [0.15, 0.2) is 47.0 Å². The summed E-state index contributed by atoms with van der Waals surface area (Å²) in [5.41, 5.74) is 4.13. The smallest absolute Gasteiger partial charge is 0.259 e. The number of rotatable bonds is 3. The normalized spacial score (nSPS) is 11.0. The molecule has 3 heterocycles. The lowest BCUT2D eigenvalue weighted by Crippen LogP contribution is -2.13. The Balaban J connectivity index is 1.68. The minimum absolute atomic E-state index is 0.175. The monoisotopic (exact) mass is 363 g/mol. The number of amides is 1. The Morgan fingerprint density at radius 3 is 2.73 bits per heavy atom. The fourth-order valence-electron chi connectivity index (χ4n) is 2.83. The highest BCUT2D eigenvalue weighted by Gasteiger charge is 2.15. The lowest BCUT2D eigenvalue weighted by molar-refractivity contribution is 0.102. The van der Waals surface area contributed by atoms with Gasteiger partial charge in [0.05, 0.1) is 5.56 Å². The van der Waals surface area contributed by atoms with Gasteiger partial charge in [-0.2, -0.15) is 0 Å². The predicted molar refractivity (Wildman–Crippen MR) is 104 cm³/mol. The number of anilines is 1. The van der Waals surface area contributed by atoms with Gasteiger partial charge >= 0.3 is 0 Å². The molecule has 0 saturated carbocycles. The minimum Gasteiger partial charge on any atom is -0.466 e. The predicted octanol–water partition coefficient (Wildman–Crippen LogP) is 5.13. The second-order valence-corrected chi connectivity index (χ2v) is 7.13. The molecule has 4 rings (SSSR count). The van der Waals surface area contributed by atoms with Gasteiger partial charge in [-0.25, -0.2) is 9.97 Å². The van der Waals surface area contributed by atoms with Crippen LogP contribution in [0.3, 0.4) is 0 Å². The summed E-state index contributed by atoms with van der Waals surface area (Å²) in [6.07, 6.45) is 1.76. The fourth-order valence-corrected chi connectivity index (χ4v) is 3.73. The molecule has 0 radical (unpaired) electrons. The van der Waals surface area contributed by atoms with Crippen molar-refractivity contribution >= 4 is 33.3 Å². The molecule has 0 aliphatic rings. The Hall–Kier alpha value is -2.99. The summed E-state index contributed by atoms with van der Waals surface area (Å²) < 4.78 is 5.45. The van der Waals surface area contributed by atoms with E-state index in [1.165, 1.54) is 11.3 Å². The Morgan fingerprint density at radius 2 is 2.00 bits per heavy atom. The molecule has 5 nitrogen and oxygen atoms in total. The zero-order valence-corrected chi connectivity index (χ0v) is 15.5. The van der Waals surface area contributed by atoms with Gasteiger partial charge in [0.15, 0.2) is 0 Å². The molecule has 0 spiro atoms. The van der Waals surface area contributed by atoms with Gasteiger partial charge in [0.1, 0.15) is 26.9 Å². The molecule has 0 unspecified atom stereocenters. The highest BCUT2D eigenvalue weighted by molar-refractivity contribution is 7.21. The number of hydrogen-bond acceptors (Lipinski definition) is 5.